The molecule has 2 rings (SSSR count). The van der Waals surface area contributed by atoms with Crippen molar-refractivity contribution < 1.29 is 9.18 Å². The number of pyridine rings is 1. The average Bonchev–Trinajstić information content (AvgIpc) is 2.33. The first kappa shape index (κ1) is 14.7. The van der Waals surface area contributed by atoms with E-state index in [0.29, 0.717) is 15.9 Å². The number of halogens is 3. The van der Waals surface area contributed by atoms with Crippen LogP contribution in [-0.2, 0) is 0 Å². The molecule has 0 aliphatic carbocycles. The lowest BCUT2D eigenvalue weighted by atomic mass is 10.2. The number of rotatable bonds is 2. The molecule has 1 aromatic carbocycles. The highest BCUT2D eigenvalue weighted by Gasteiger charge is 2.15. The molecule has 1 amide bonds. The van der Waals surface area contributed by atoms with E-state index in [4.69, 9.17) is 17.3 Å². The van der Waals surface area contributed by atoms with Crippen LogP contribution in [-0.4, -0.2) is 10.9 Å². The van der Waals surface area contributed by atoms with Crippen LogP contribution in [0.1, 0.15) is 16.1 Å². The Morgan fingerprint density at radius 3 is 2.75 bits per heavy atom. The summed E-state index contributed by atoms with van der Waals surface area (Å²) in [4.78, 5) is 16.1. The third-order valence-corrected chi connectivity index (χ3v) is 3.49. The maximum Gasteiger partial charge on any atom is 0.259 e. The summed E-state index contributed by atoms with van der Waals surface area (Å²) < 4.78 is 13.5. The Morgan fingerprint density at radius 1 is 1.45 bits per heavy atom. The van der Waals surface area contributed by atoms with Crippen LogP contribution in [0.15, 0.2) is 28.9 Å². The molecule has 0 bridgehead atoms. The van der Waals surface area contributed by atoms with Gasteiger partial charge >= 0.3 is 0 Å². The van der Waals surface area contributed by atoms with Gasteiger partial charge in [0.05, 0.1) is 16.3 Å². The number of hydrogen-bond acceptors (Lipinski definition) is 3. The molecule has 7 heteroatoms. The van der Waals surface area contributed by atoms with Gasteiger partial charge in [-0.15, -0.1) is 0 Å². The number of anilines is 2. The van der Waals surface area contributed by atoms with Gasteiger partial charge in [0.1, 0.15) is 5.82 Å². The lowest BCUT2D eigenvalue weighted by Gasteiger charge is -2.11. The summed E-state index contributed by atoms with van der Waals surface area (Å²) in [7, 11) is 0. The zero-order chi connectivity index (χ0) is 14.9. The highest BCUT2D eigenvalue weighted by molar-refractivity contribution is 9.10. The van der Waals surface area contributed by atoms with Gasteiger partial charge in [0.15, 0.2) is 0 Å². The Kier molecular flexibility index (Phi) is 4.25. The van der Waals surface area contributed by atoms with Crippen LogP contribution in [0.3, 0.4) is 0 Å². The zero-order valence-electron chi connectivity index (χ0n) is 10.4. The molecule has 0 saturated heterocycles. The predicted octanol–water partition coefficient (Wildman–Crippen LogP) is 3.78. The number of nitrogens with two attached hydrogens (primary N) is 1. The van der Waals surface area contributed by atoms with Gasteiger partial charge in [-0.1, -0.05) is 11.6 Å². The molecule has 0 saturated carbocycles. The average molecular weight is 359 g/mol. The van der Waals surface area contributed by atoms with Gasteiger partial charge in [0.25, 0.3) is 5.91 Å². The van der Waals surface area contributed by atoms with Crippen molar-refractivity contribution in [3.05, 3.63) is 51.0 Å². The Bertz CT molecular complexity index is 670. The molecule has 0 atom stereocenters. The molecule has 0 aliphatic rings. The van der Waals surface area contributed by atoms with E-state index >= 15 is 0 Å². The summed E-state index contributed by atoms with van der Waals surface area (Å²) in [6.45, 7) is 1.77. The number of carbonyl (C=O) groups is 1. The number of nitrogen functional groups attached to an aromatic ring is 1. The van der Waals surface area contributed by atoms with E-state index in [1.807, 2.05) is 0 Å². The molecule has 0 unspecified atom stereocenters. The van der Waals surface area contributed by atoms with Crippen molar-refractivity contribution in [3.63, 3.8) is 0 Å². The van der Waals surface area contributed by atoms with Gasteiger partial charge in [0.2, 0.25) is 0 Å². The van der Waals surface area contributed by atoms with Gasteiger partial charge in [0, 0.05) is 22.1 Å². The van der Waals surface area contributed by atoms with E-state index in [1.165, 1.54) is 12.3 Å². The summed E-state index contributed by atoms with van der Waals surface area (Å²) in [5.74, 6) is -0.972. The fourth-order valence-corrected chi connectivity index (χ4v) is 2.51. The molecule has 0 aliphatic heterocycles. The van der Waals surface area contributed by atoms with Crippen molar-refractivity contribution in [1.29, 1.82) is 0 Å². The van der Waals surface area contributed by atoms with Crippen molar-refractivity contribution in [2.75, 3.05) is 11.1 Å². The predicted molar refractivity (Wildman–Crippen MR) is 80.4 cm³/mol. The first-order valence-corrected chi connectivity index (χ1v) is 6.73. The molecular weight excluding hydrogens is 349 g/mol. The van der Waals surface area contributed by atoms with Gasteiger partial charge in [-0.2, -0.15) is 0 Å². The molecule has 20 heavy (non-hydrogen) atoms. The first-order chi connectivity index (χ1) is 9.38. The Hall–Kier alpha value is -1.66. The second kappa shape index (κ2) is 5.76. The van der Waals surface area contributed by atoms with Crippen LogP contribution in [0, 0.1) is 12.7 Å². The van der Waals surface area contributed by atoms with Crippen LogP contribution in [0.25, 0.3) is 0 Å². The number of amides is 1. The van der Waals surface area contributed by atoms with Crippen LogP contribution < -0.4 is 11.1 Å². The lowest BCUT2D eigenvalue weighted by Crippen LogP contribution is -2.15. The van der Waals surface area contributed by atoms with E-state index in [0.717, 1.165) is 6.07 Å². The number of hydrogen-bond donors (Lipinski definition) is 2. The number of nitrogens with one attached hydrogen (secondary N) is 1. The van der Waals surface area contributed by atoms with Crippen molar-refractivity contribution in [3.8, 4) is 0 Å². The van der Waals surface area contributed by atoms with Crippen LogP contribution in [0.5, 0.6) is 0 Å². The first-order valence-electron chi connectivity index (χ1n) is 5.56. The third kappa shape index (κ3) is 3.08. The fourth-order valence-electron chi connectivity index (χ4n) is 1.61. The molecule has 0 radical (unpaired) electrons. The van der Waals surface area contributed by atoms with E-state index in [1.54, 1.807) is 13.0 Å². The van der Waals surface area contributed by atoms with Crippen LogP contribution in [0.2, 0.25) is 5.02 Å². The highest BCUT2D eigenvalue weighted by Crippen LogP contribution is 2.32. The van der Waals surface area contributed by atoms with Gasteiger partial charge in [-0.25, -0.2) is 4.39 Å². The number of nitrogens with zero attached hydrogens (tertiary/aromatic N) is 1. The van der Waals surface area contributed by atoms with Crippen LogP contribution >= 0.6 is 27.5 Å². The topological polar surface area (TPSA) is 68.0 Å². The summed E-state index contributed by atoms with van der Waals surface area (Å²) >= 11 is 9.04. The molecule has 1 heterocycles. The SMILES string of the molecule is Cc1cc(N)c(C(=O)Nc2c(Cl)cc(F)cc2Br)cn1. The minimum atomic E-state index is -0.503. The highest BCUT2D eigenvalue weighted by atomic mass is 79.9. The van der Waals surface area contributed by atoms with Gasteiger partial charge in [-0.05, 0) is 41.1 Å². The number of aromatic nitrogens is 1. The van der Waals surface area contributed by atoms with Crippen molar-refractivity contribution in [1.82, 2.24) is 4.98 Å². The number of benzene rings is 1. The molecule has 104 valence electrons. The summed E-state index contributed by atoms with van der Waals surface area (Å²) in [5.41, 5.74) is 7.29. The van der Waals surface area contributed by atoms with E-state index in [-0.39, 0.29) is 16.3 Å². The lowest BCUT2D eigenvalue weighted by molar-refractivity contribution is 0.102. The molecule has 1 aromatic heterocycles. The maximum absolute atomic E-state index is 13.1. The van der Waals surface area contributed by atoms with Crippen molar-refractivity contribution in [2.24, 2.45) is 0 Å². The third-order valence-electron chi connectivity index (χ3n) is 2.56. The summed E-state index contributed by atoms with van der Waals surface area (Å²) in [5, 5.41) is 2.66. The number of carbonyl (C=O) groups excluding carboxylic acids is 1. The molecule has 3 N–H and O–H groups in total. The largest absolute Gasteiger partial charge is 0.398 e. The van der Waals surface area contributed by atoms with E-state index in [2.05, 4.69) is 26.2 Å². The molecular formula is C13H10BrClFN3O. The fraction of sp³-hybridized carbons (Fsp3) is 0.0769. The molecule has 2 aromatic rings. The minimum absolute atomic E-state index is 0.0869. The summed E-state index contributed by atoms with van der Waals surface area (Å²) in [6.07, 6.45) is 1.38. The Balaban J connectivity index is 2.33. The normalized spacial score (nSPS) is 10.4. The molecule has 0 spiro atoms. The minimum Gasteiger partial charge on any atom is -0.398 e. The standard InChI is InChI=1S/C13H10BrClFN3O/c1-6-2-11(17)8(5-18-6)13(20)19-12-9(14)3-7(16)4-10(12)15/h2-5H,1H3,(H2,17,18)(H,19,20). The smallest absolute Gasteiger partial charge is 0.259 e. The van der Waals surface area contributed by atoms with Gasteiger partial charge in [-0.3, -0.25) is 9.78 Å². The monoisotopic (exact) mass is 357 g/mol. The second-order valence-corrected chi connectivity index (χ2v) is 5.37. The molecule has 4 nitrogen and oxygen atoms in total. The van der Waals surface area contributed by atoms with E-state index < -0.39 is 11.7 Å². The van der Waals surface area contributed by atoms with Gasteiger partial charge < -0.3 is 11.1 Å². The maximum atomic E-state index is 13.1. The van der Waals surface area contributed by atoms with Crippen molar-refractivity contribution >= 4 is 44.8 Å². The summed E-state index contributed by atoms with van der Waals surface area (Å²) in [6, 6.07) is 3.91. The molecule has 0 fully saturated rings. The van der Waals surface area contributed by atoms with Crippen LogP contribution in [0.4, 0.5) is 15.8 Å². The second-order valence-electron chi connectivity index (χ2n) is 4.11. The van der Waals surface area contributed by atoms with Crippen molar-refractivity contribution in [2.45, 2.75) is 6.92 Å². The van der Waals surface area contributed by atoms with E-state index in [9.17, 15) is 9.18 Å². The number of aryl methyl sites for hydroxylation is 1. The zero-order valence-corrected chi connectivity index (χ0v) is 12.7. The quantitative estimate of drug-likeness (QED) is 0.858. The Morgan fingerprint density at radius 2 is 2.15 bits per heavy atom. The Labute approximate surface area is 128 Å².